The van der Waals surface area contributed by atoms with Crippen LogP contribution in [-0.2, 0) is 4.79 Å². The molecule has 1 atom stereocenters. The summed E-state index contributed by atoms with van der Waals surface area (Å²) in [7, 11) is 0. The summed E-state index contributed by atoms with van der Waals surface area (Å²) in [6.07, 6.45) is 1.62. The van der Waals surface area contributed by atoms with Crippen LogP contribution in [0.4, 0.5) is 0 Å². The van der Waals surface area contributed by atoms with Crippen molar-refractivity contribution in [2.24, 2.45) is 5.92 Å². The van der Waals surface area contributed by atoms with E-state index in [2.05, 4.69) is 10.2 Å². The molecule has 0 aromatic carbocycles. The Morgan fingerprint density at radius 3 is 2.87 bits per heavy atom. The van der Waals surface area contributed by atoms with Crippen molar-refractivity contribution in [1.29, 1.82) is 0 Å². The first-order valence-corrected chi connectivity index (χ1v) is 5.74. The summed E-state index contributed by atoms with van der Waals surface area (Å²) < 4.78 is 0. The zero-order valence-corrected chi connectivity index (χ0v) is 9.70. The second-order valence-electron chi connectivity index (χ2n) is 4.61. The zero-order valence-electron chi connectivity index (χ0n) is 9.70. The number of likely N-dealkylation sites (tertiary alicyclic amines) is 1. The van der Waals surface area contributed by atoms with Crippen LogP contribution in [0, 0.1) is 5.92 Å². The van der Waals surface area contributed by atoms with Gasteiger partial charge in [-0.1, -0.05) is 0 Å². The first kappa shape index (κ1) is 12.5. The molecule has 1 heterocycles. The lowest BCUT2D eigenvalue weighted by Crippen LogP contribution is -2.33. The van der Waals surface area contributed by atoms with E-state index >= 15 is 0 Å². The number of aliphatic hydroxyl groups excluding tert-OH is 1. The Balaban J connectivity index is 2.13. The Hall–Kier alpha value is -0.610. The summed E-state index contributed by atoms with van der Waals surface area (Å²) in [5.74, 6) is 0.538. The Bertz CT molecular complexity index is 207. The van der Waals surface area contributed by atoms with Crippen molar-refractivity contribution >= 4 is 5.91 Å². The SMILES string of the molecule is CC(C)NC(=O)CCN1CCC(CO)C1. The topological polar surface area (TPSA) is 52.6 Å². The van der Waals surface area contributed by atoms with E-state index in [0.717, 1.165) is 26.1 Å². The number of rotatable bonds is 5. The molecule has 4 heteroatoms. The predicted molar refractivity (Wildman–Crippen MR) is 59.5 cm³/mol. The van der Waals surface area contributed by atoms with Gasteiger partial charge < -0.3 is 15.3 Å². The Morgan fingerprint density at radius 1 is 1.60 bits per heavy atom. The normalized spacial score (nSPS) is 22.3. The minimum Gasteiger partial charge on any atom is -0.396 e. The number of hydrogen-bond donors (Lipinski definition) is 2. The van der Waals surface area contributed by atoms with Gasteiger partial charge in [-0.05, 0) is 32.7 Å². The van der Waals surface area contributed by atoms with E-state index in [1.807, 2.05) is 13.8 Å². The van der Waals surface area contributed by atoms with Gasteiger partial charge in [-0.3, -0.25) is 4.79 Å². The molecule has 0 saturated carbocycles. The quantitative estimate of drug-likeness (QED) is 0.688. The van der Waals surface area contributed by atoms with Crippen LogP contribution in [0.2, 0.25) is 0 Å². The smallest absolute Gasteiger partial charge is 0.221 e. The van der Waals surface area contributed by atoms with E-state index in [1.54, 1.807) is 0 Å². The van der Waals surface area contributed by atoms with Gasteiger partial charge in [0.15, 0.2) is 0 Å². The van der Waals surface area contributed by atoms with Gasteiger partial charge in [0.25, 0.3) is 0 Å². The van der Waals surface area contributed by atoms with E-state index in [-0.39, 0.29) is 18.6 Å². The monoisotopic (exact) mass is 214 g/mol. The van der Waals surface area contributed by atoms with E-state index in [1.165, 1.54) is 0 Å². The largest absolute Gasteiger partial charge is 0.396 e. The maximum Gasteiger partial charge on any atom is 0.221 e. The Kier molecular flexibility index (Phi) is 5.05. The van der Waals surface area contributed by atoms with Crippen LogP contribution >= 0.6 is 0 Å². The summed E-state index contributed by atoms with van der Waals surface area (Å²) in [4.78, 5) is 13.6. The molecule has 15 heavy (non-hydrogen) atoms. The average molecular weight is 214 g/mol. The molecule has 1 aliphatic rings. The van der Waals surface area contributed by atoms with Crippen LogP contribution in [0.1, 0.15) is 26.7 Å². The van der Waals surface area contributed by atoms with Crippen LogP contribution in [0.3, 0.4) is 0 Å². The van der Waals surface area contributed by atoms with Crippen LogP contribution in [0.5, 0.6) is 0 Å². The lowest BCUT2D eigenvalue weighted by Gasteiger charge is -2.15. The molecule has 1 amide bonds. The first-order chi connectivity index (χ1) is 7.11. The molecular formula is C11H22N2O2. The van der Waals surface area contributed by atoms with E-state index in [4.69, 9.17) is 5.11 Å². The van der Waals surface area contributed by atoms with Gasteiger partial charge in [-0.2, -0.15) is 0 Å². The Labute approximate surface area is 91.6 Å². The number of nitrogens with zero attached hydrogens (tertiary/aromatic N) is 1. The summed E-state index contributed by atoms with van der Waals surface area (Å²) in [6.45, 7) is 6.97. The lowest BCUT2D eigenvalue weighted by molar-refractivity contribution is -0.121. The molecule has 4 nitrogen and oxygen atoms in total. The fourth-order valence-corrected chi connectivity index (χ4v) is 1.92. The van der Waals surface area contributed by atoms with E-state index in [9.17, 15) is 4.79 Å². The van der Waals surface area contributed by atoms with Gasteiger partial charge in [0.1, 0.15) is 0 Å². The standard InChI is InChI=1S/C11H22N2O2/c1-9(2)12-11(15)4-6-13-5-3-10(7-13)8-14/h9-10,14H,3-8H2,1-2H3,(H,12,15). The molecular weight excluding hydrogens is 192 g/mol. The maximum absolute atomic E-state index is 11.4. The molecule has 0 radical (unpaired) electrons. The molecule has 0 spiro atoms. The lowest BCUT2D eigenvalue weighted by atomic mass is 10.1. The summed E-state index contributed by atoms with van der Waals surface area (Å²) in [5, 5.41) is 11.9. The molecule has 1 saturated heterocycles. The number of nitrogens with one attached hydrogen (secondary N) is 1. The number of carbonyl (C=O) groups excluding carboxylic acids is 1. The van der Waals surface area contributed by atoms with Gasteiger partial charge >= 0.3 is 0 Å². The van der Waals surface area contributed by atoms with Crippen molar-refractivity contribution < 1.29 is 9.90 Å². The second kappa shape index (κ2) is 6.08. The molecule has 2 N–H and O–H groups in total. The van der Waals surface area contributed by atoms with Crippen molar-refractivity contribution in [3.63, 3.8) is 0 Å². The van der Waals surface area contributed by atoms with Gasteiger partial charge in [-0.15, -0.1) is 0 Å². The second-order valence-corrected chi connectivity index (χ2v) is 4.61. The zero-order chi connectivity index (χ0) is 11.3. The number of aliphatic hydroxyl groups is 1. The highest BCUT2D eigenvalue weighted by atomic mass is 16.3. The molecule has 1 fully saturated rings. The van der Waals surface area contributed by atoms with E-state index < -0.39 is 0 Å². The van der Waals surface area contributed by atoms with Crippen molar-refractivity contribution in [3.05, 3.63) is 0 Å². The summed E-state index contributed by atoms with van der Waals surface area (Å²) in [6, 6.07) is 0.223. The third-order valence-electron chi connectivity index (χ3n) is 2.73. The molecule has 0 aliphatic carbocycles. The molecule has 1 rings (SSSR count). The molecule has 1 unspecified atom stereocenters. The fourth-order valence-electron chi connectivity index (χ4n) is 1.92. The highest BCUT2D eigenvalue weighted by Gasteiger charge is 2.21. The molecule has 0 aromatic heterocycles. The van der Waals surface area contributed by atoms with Crippen LogP contribution < -0.4 is 5.32 Å². The first-order valence-electron chi connectivity index (χ1n) is 5.74. The van der Waals surface area contributed by atoms with Crippen LogP contribution in [0.15, 0.2) is 0 Å². The van der Waals surface area contributed by atoms with Gasteiger partial charge in [0, 0.05) is 32.2 Å². The predicted octanol–water partition coefficient (Wildman–Crippen LogP) is 0.215. The summed E-state index contributed by atoms with van der Waals surface area (Å²) in [5.41, 5.74) is 0. The molecule has 0 aromatic rings. The molecule has 1 aliphatic heterocycles. The third-order valence-corrected chi connectivity index (χ3v) is 2.73. The molecule has 0 bridgehead atoms. The van der Waals surface area contributed by atoms with Crippen LogP contribution in [-0.4, -0.2) is 48.2 Å². The maximum atomic E-state index is 11.4. The van der Waals surface area contributed by atoms with Gasteiger partial charge in [0.05, 0.1) is 0 Å². The van der Waals surface area contributed by atoms with Crippen molar-refractivity contribution in [2.75, 3.05) is 26.2 Å². The van der Waals surface area contributed by atoms with E-state index in [0.29, 0.717) is 12.3 Å². The van der Waals surface area contributed by atoms with Gasteiger partial charge in [-0.25, -0.2) is 0 Å². The number of carbonyl (C=O) groups is 1. The van der Waals surface area contributed by atoms with Crippen molar-refractivity contribution in [3.8, 4) is 0 Å². The van der Waals surface area contributed by atoms with Crippen molar-refractivity contribution in [1.82, 2.24) is 10.2 Å². The average Bonchev–Trinajstić information content (AvgIpc) is 2.61. The highest BCUT2D eigenvalue weighted by Crippen LogP contribution is 2.15. The molecule has 88 valence electrons. The third kappa shape index (κ3) is 4.62. The number of hydrogen-bond acceptors (Lipinski definition) is 3. The van der Waals surface area contributed by atoms with Gasteiger partial charge in [0.2, 0.25) is 5.91 Å². The van der Waals surface area contributed by atoms with Crippen molar-refractivity contribution in [2.45, 2.75) is 32.7 Å². The fraction of sp³-hybridized carbons (Fsp3) is 0.909. The summed E-state index contributed by atoms with van der Waals surface area (Å²) >= 11 is 0. The minimum atomic E-state index is 0.123. The number of amides is 1. The minimum absolute atomic E-state index is 0.123. The van der Waals surface area contributed by atoms with Crippen LogP contribution in [0.25, 0.3) is 0 Å². The highest BCUT2D eigenvalue weighted by molar-refractivity contribution is 5.76. The Morgan fingerprint density at radius 2 is 2.33 bits per heavy atom.